The lowest BCUT2D eigenvalue weighted by Gasteiger charge is -2.09. The molecule has 0 aliphatic carbocycles. The van der Waals surface area contributed by atoms with Gasteiger partial charge in [-0.1, -0.05) is 0 Å². The van der Waals surface area contributed by atoms with Gasteiger partial charge in [-0.2, -0.15) is 5.10 Å². The van der Waals surface area contributed by atoms with E-state index in [0.717, 1.165) is 5.69 Å². The summed E-state index contributed by atoms with van der Waals surface area (Å²) in [5, 5.41) is 15.9. The Morgan fingerprint density at radius 2 is 2.19 bits per heavy atom. The third-order valence-electron chi connectivity index (χ3n) is 2.34. The van der Waals surface area contributed by atoms with Crippen LogP contribution in [-0.2, 0) is 0 Å². The molecule has 0 bridgehead atoms. The second-order valence-corrected chi connectivity index (χ2v) is 4.24. The lowest BCUT2D eigenvalue weighted by atomic mass is 10.2. The summed E-state index contributed by atoms with van der Waals surface area (Å²) in [6, 6.07) is 0.235. The highest BCUT2D eigenvalue weighted by molar-refractivity contribution is 5.95. The van der Waals surface area contributed by atoms with Gasteiger partial charge in [0.25, 0.3) is 5.91 Å². The van der Waals surface area contributed by atoms with Gasteiger partial charge >= 0.3 is 0 Å². The van der Waals surface area contributed by atoms with Gasteiger partial charge in [-0.3, -0.25) is 9.48 Å². The van der Waals surface area contributed by atoms with Crippen LogP contribution < -0.4 is 5.32 Å². The number of hydrogen-bond acceptors (Lipinski definition) is 3. The first kappa shape index (κ1) is 12.7. The van der Waals surface area contributed by atoms with Crippen molar-refractivity contribution in [1.29, 1.82) is 0 Å². The number of hydrogen-bond donors (Lipinski definition) is 2. The van der Waals surface area contributed by atoms with E-state index in [2.05, 4.69) is 10.4 Å². The fourth-order valence-corrected chi connectivity index (χ4v) is 1.50. The summed E-state index contributed by atoms with van der Waals surface area (Å²) in [6.45, 7) is 7.77. The van der Waals surface area contributed by atoms with Crippen molar-refractivity contribution in [2.24, 2.45) is 0 Å². The van der Waals surface area contributed by atoms with E-state index in [1.807, 2.05) is 20.8 Å². The van der Waals surface area contributed by atoms with Gasteiger partial charge in [-0.15, -0.1) is 0 Å². The van der Waals surface area contributed by atoms with E-state index in [9.17, 15) is 4.79 Å². The van der Waals surface area contributed by atoms with Gasteiger partial charge < -0.3 is 10.4 Å². The van der Waals surface area contributed by atoms with Crippen molar-refractivity contribution in [3.05, 3.63) is 17.5 Å². The van der Waals surface area contributed by atoms with E-state index in [1.54, 1.807) is 17.8 Å². The highest BCUT2D eigenvalue weighted by Gasteiger charge is 2.15. The molecule has 1 heterocycles. The first-order valence-electron chi connectivity index (χ1n) is 5.43. The summed E-state index contributed by atoms with van der Waals surface area (Å²) < 4.78 is 1.80. The Bertz CT molecular complexity index is 369. The third-order valence-corrected chi connectivity index (χ3v) is 2.34. The van der Waals surface area contributed by atoms with Gasteiger partial charge in [0.15, 0.2) is 0 Å². The molecule has 0 saturated carbocycles. The molecule has 1 atom stereocenters. The molecule has 1 aromatic heterocycles. The van der Waals surface area contributed by atoms with Gasteiger partial charge in [-0.05, 0) is 27.7 Å². The normalized spacial score (nSPS) is 12.9. The number of nitrogens with one attached hydrogen (secondary N) is 1. The molecule has 0 aliphatic heterocycles. The highest BCUT2D eigenvalue weighted by Crippen LogP contribution is 2.12. The van der Waals surface area contributed by atoms with Crippen molar-refractivity contribution in [2.45, 2.75) is 39.8 Å². The Morgan fingerprint density at radius 1 is 1.56 bits per heavy atom. The molecule has 5 nitrogen and oxygen atoms in total. The number of carbonyl (C=O) groups excluding carboxylic acids is 1. The maximum Gasteiger partial charge on any atom is 0.254 e. The zero-order chi connectivity index (χ0) is 12.3. The number of nitrogens with zero attached hydrogens (tertiary/aromatic N) is 2. The van der Waals surface area contributed by atoms with Crippen molar-refractivity contribution in [3.63, 3.8) is 0 Å². The van der Waals surface area contributed by atoms with Gasteiger partial charge in [0.2, 0.25) is 0 Å². The first-order valence-corrected chi connectivity index (χ1v) is 5.43. The van der Waals surface area contributed by atoms with Crippen molar-refractivity contribution < 1.29 is 9.90 Å². The first-order chi connectivity index (χ1) is 7.43. The molecule has 16 heavy (non-hydrogen) atoms. The highest BCUT2D eigenvalue weighted by atomic mass is 16.3. The largest absolute Gasteiger partial charge is 0.392 e. The molecule has 90 valence electrons. The molecule has 0 aromatic carbocycles. The Morgan fingerprint density at radius 3 is 2.62 bits per heavy atom. The van der Waals surface area contributed by atoms with Crippen LogP contribution in [0.2, 0.25) is 0 Å². The van der Waals surface area contributed by atoms with Crippen LogP contribution in [-0.4, -0.2) is 33.4 Å². The molecule has 0 spiro atoms. The van der Waals surface area contributed by atoms with Crippen molar-refractivity contribution in [1.82, 2.24) is 15.1 Å². The minimum absolute atomic E-state index is 0.190. The number of rotatable bonds is 4. The molecule has 0 radical (unpaired) electrons. The Kier molecular flexibility index (Phi) is 4.06. The summed E-state index contributed by atoms with van der Waals surface area (Å²) in [6.07, 6.45) is 1.02. The summed E-state index contributed by atoms with van der Waals surface area (Å²) in [5.41, 5.74) is 1.41. The molecule has 1 unspecified atom stereocenters. The van der Waals surface area contributed by atoms with E-state index in [1.165, 1.54) is 0 Å². The van der Waals surface area contributed by atoms with Crippen LogP contribution in [0.1, 0.15) is 42.9 Å². The maximum absolute atomic E-state index is 11.7. The average molecular weight is 225 g/mol. The van der Waals surface area contributed by atoms with Crippen LogP contribution in [0.25, 0.3) is 0 Å². The average Bonchev–Trinajstić information content (AvgIpc) is 2.56. The van der Waals surface area contributed by atoms with E-state index in [0.29, 0.717) is 5.56 Å². The topological polar surface area (TPSA) is 67.2 Å². The Hall–Kier alpha value is -1.36. The van der Waals surface area contributed by atoms with Crippen molar-refractivity contribution >= 4 is 5.91 Å². The molecular formula is C11H19N3O2. The van der Waals surface area contributed by atoms with Crippen molar-refractivity contribution in [3.8, 4) is 0 Å². The monoisotopic (exact) mass is 225 g/mol. The number of carbonyl (C=O) groups is 1. The minimum Gasteiger partial charge on any atom is -0.392 e. The predicted octanol–water partition coefficient (Wildman–Crippen LogP) is 0.883. The summed E-state index contributed by atoms with van der Waals surface area (Å²) in [5.74, 6) is -0.190. The fraction of sp³-hybridized carbons (Fsp3) is 0.636. The predicted molar refractivity (Wildman–Crippen MR) is 61.4 cm³/mol. The van der Waals surface area contributed by atoms with Gasteiger partial charge in [0.05, 0.1) is 17.9 Å². The molecule has 5 heteroatoms. The Balaban J connectivity index is 2.77. The summed E-state index contributed by atoms with van der Waals surface area (Å²) in [4.78, 5) is 11.7. The SMILES string of the molecule is Cc1c(C(=O)NCC(C)O)cnn1C(C)C. The number of aromatic nitrogens is 2. The van der Waals surface area contributed by atoms with Gasteiger partial charge in [0, 0.05) is 18.3 Å². The zero-order valence-corrected chi connectivity index (χ0v) is 10.2. The molecule has 0 saturated heterocycles. The van der Waals surface area contributed by atoms with Crippen LogP contribution in [0.3, 0.4) is 0 Å². The standard InChI is InChI=1S/C11H19N3O2/c1-7(2)14-9(4)10(6-13-14)11(16)12-5-8(3)15/h6-8,15H,5H2,1-4H3,(H,12,16). The molecule has 1 amide bonds. The second-order valence-electron chi connectivity index (χ2n) is 4.24. The van der Waals surface area contributed by atoms with Crippen molar-refractivity contribution in [2.75, 3.05) is 6.54 Å². The van der Waals surface area contributed by atoms with Crippen LogP contribution in [0, 0.1) is 6.92 Å². The van der Waals surface area contributed by atoms with E-state index < -0.39 is 6.10 Å². The summed E-state index contributed by atoms with van der Waals surface area (Å²) in [7, 11) is 0. The number of aliphatic hydroxyl groups is 1. The number of amides is 1. The minimum atomic E-state index is -0.538. The molecule has 0 fully saturated rings. The van der Waals surface area contributed by atoms with Gasteiger partial charge in [0.1, 0.15) is 0 Å². The molecule has 1 aromatic rings. The van der Waals surface area contributed by atoms with Gasteiger partial charge in [-0.25, -0.2) is 0 Å². The molecule has 2 N–H and O–H groups in total. The second kappa shape index (κ2) is 5.12. The van der Waals surface area contributed by atoms with E-state index in [-0.39, 0.29) is 18.5 Å². The summed E-state index contributed by atoms with van der Waals surface area (Å²) >= 11 is 0. The lowest BCUT2D eigenvalue weighted by molar-refractivity contribution is 0.0923. The van der Waals surface area contributed by atoms with E-state index >= 15 is 0 Å². The quantitative estimate of drug-likeness (QED) is 0.799. The molecule has 1 rings (SSSR count). The van der Waals surface area contributed by atoms with Crippen LogP contribution in [0.4, 0.5) is 0 Å². The molecular weight excluding hydrogens is 206 g/mol. The van der Waals surface area contributed by atoms with Crippen LogP contribution in [0.15, 0.2) is 6.20 Å². The fourth-order valence-electron chi connectivity index (χ4n) is 1.50. The van der Waals surface area contributed by atoms with Crippen LogP contribution >= 0.6 is 0 Å². The molecule has 0 aliphatic rings. The zero-order valence-electron chi connectivity index (χ0n) is 10.2. The lowest BCUT2D eigenvalue weighted by Crippen LogP contribution is -2.30. The number of aliphatic hydroxyl groups excluding tert-OH is 1. The van der Waals surface area contributed by atoms with E-state index in [4.69, 9.17) is 5.11 Å². The maximum atomic E-state index is 11.7. The third kappa shape index (κ3) is 2.82. The smallest absolute Gasteiger partial charge is 0.254 e. The van der Waals surface area contributed by atoms with Crippen LogP contribution in [0.5, 0.6) is 0 Å². The Labute approximate surface area is 95.5 Å².